The molecule has 19 nitrogen and oxygen atoms in total. The Kier molecular flexibility index (Phi) is 32.5. The molecule has 17 unspecified atom stereocenters. The van der Waals surface area contributed by atoms with Gasteiger partial charge in [0.25, 0.3) is 0 Å². The lowest BCUT2D eigenvalue weighted by Gasteiger charge is -2.48. The van der Waals surface area contributed by atoms with Crippen molar-refractivity contribution in [1.29, 1.82) is 0 Å². The molecule has 0 aromatic rings. The molecule has 3 rings (SSSR count). The van der Waals surface area contributed by atoms with Crippen LogP contribution < -0.4 is 5.32 Å². The summed E-state index contributed by atoms with van der Waals surface area (Å²) in [6, 6.07) is -0.886. The lowest BCUT2D eigenvalue weighted by molar-refractivity contribution is -0.379. The summed E-state index contributed by atoms with van der Waals surface area (Å²) < 4.78 is 33.9. The van der Waals surface area contributed by atoms with Gasteiger partial charge in [-0.15, -0.1) is 0 Å². The number of hydrogen-bond donors (Lipinski definition) is 12. The molecule has 0 aliphatic carbocycles. The molecule has 3 fully saturated rings. The Hall–Kier alpha value is -2.25. The van der Waals surface area contributed by atoms with E-state index in [9.17, 15) is 61.0 Å². The minimum atomic E-state index is -1.97. The van der Waals surface area contributed by atoms with Gasteiger partial charge in [0.15, 0.2) is 18.9 Å². The summed E-state index contributed by atoms with van der Waals surface area (Å²) in [7, 11) is 0. The van der Waals surface area contributed by atoms with Gasteiger partial charge in [-0.05, 0) is 51.4 Å². The summed E-state index contributed by atoms with van der Waals surface area (Å²) in [6.07, 6.45) is 10.5. The van der Waals surface area contributed by atoms with Gasteiger partial charge in [-0.25, -0.2) is 0 Å². The molecule has 3 aliphatic rings. The number of amides is 1. The Bertz CT molecular complexity index is 1500. The molecule has 1 amide bonds. The molecule has 412 valence electrons. The highest BCUT2D eigenvalue weighted by molar-refractivity contribution is 5.76. The van der Waals surface area contributed by atoms with Gasteiger partial charge in [-0.2, -0.15) is 0 Å². The van der Waals surface area contributed by atoms with Crippen LogP contribution in [0.2, 0.25) is 0 Å². The van der Waals surface area contributed by atoms with Crippen molar-refractivity contribution in [3.8, 4) is 0 Å². The molecule has 0 aromatic carbocycles. The molecule has 3 heterocycles. The quantitative estimate of drug-likeness (QED) is 0.0317. The Morgan fingerprint density at radius 2 is 0.972 bits per heavy atom. The Morgan fingerprint density at radius 3 is 1.49 bits per heavy atom. The smallest absolute Gasteiger partial charge is 0.220 e. The van der Waals surface area contributed by atoms with E-state index in [-0.39, 0.29) is 18.9 Å². The van der Waals surface area contributed by atoms with E-state index >= 15 is 0 Å². The number of aliphatic hydroxyl groups is 11. The molecule has 3 saturated heterocycles. The van der Waals surface area contributed by atoms with Crippen molar-refractivity contribution in [2.45, 2.75) is 247 Å². The normalized spacial score (nSPS) is 32.7. The third-order valence-electron chi connectivity index (χ3n) is 13.2. The fraction of sp³-hybridized carbons (Fsp3) is 0.827. The van der Waals surface area contributed by atoms with E-state index in [1.165, 1.54) is 32.1 Å². The van der Waals surface area contributed by atoms with Crippen LogP contribution in [0.3, 0.4) is 0 Å². The molecular formula is C52H91NO18. The summed E-state index contributed by atoms with van der Waals surface area (Å²) in [5.41, 5.74) is 0. The van der Waals surface area contributed by atoms with Crippen LogP contribution >= 0.6 is 0 Å². The fourth-order valence-electron chi connectivity index (χ4n) is 8.77. The molecule has 0 spiro atoms. The molecule has 17 atom stereocenters. The number of hydrogen-bond acceptors (Lipinski definition) is 18. The number of aliphatic hydroxyl groups excluding tert-OH is 11. The zero-order chi connectivity index (χ0) is 52.0. The Morgan fingerprint density at radius 1 is 0.521 bits per heavy atom. The van der Waals surface area contributed by atoms with E-state index in [1.807, 2.05) is 6.92 Å². The second kappa shape index (κ2) is 36.7. The van der Waals surface area contributed by atoms with Gasteiger partial charge in [0.1, 0.15) is 73.2 Å². The van der Waals surface area contributed by atoms with Crippen LogP contribution in [0.4, 0.5) is 0 Å². The third kappa shape index (κ3) is 22.2. The van der Waals surface area contributed by atoms with E-state index in [1.54, 1.807) is 0 Å². The maximum atomic E-state index is 13.1. The minimum Gasteiger partial charge on any atom is -0.394 e. The summed E-state index contributed by atoms with van der Waals surface area (Å²) >= 11 is 0. The van der Waals surface area contributed by atoms with E-state index in [4.69, 9.17) is 28.4 Å². The summed E-state index contributed by atoms with van der Waals surface area (Å²) in [4.78, 5) is 13.1. The highest BCUT2D eigenvalue weighted by Crippen LogP contribution is 2.33. The highest BCUT2D eigenvalue weighted by Gasteiger charge is 2.53. The topological polar surface area (TPSA) is 307 Å². The number of rotatable bonds is 36. The van der Waals surface area contributed by atoms with E-state index in [0.717, 1.165) is 70.6 Å². The summed E-state index contributed by atoms with van der Waals surface area (Å²) in [5.74, 6) is -0.263. The first-order valence-corrected chi connectivity index (χ1v) is 26.4. The number of allylic oxidation sites excluding steroid dienone is 8. The van der Waals surface area contributed by atoms with Crippen LogP contribution in [-0.4, -0.2) is 193 Å². The predicted octanol–water partition coefficient (Wildman–Crippen LogP) is 2.36. The molecule has 0 saturated carbocycles. The van der Waals surface area contributed by atoms with Crippen molar-refractivity contribution in [3.63, 3.8) is 0 Å². The number of carbonyl (C=O) groups is 1. The maximum absolute atomic E-state index is 13.1. The number of nitrogens with one attached hydrogen (secondary N) is 1. The molecule has 0 radical (unpaired) electrons. The number of ether oxygens (including phenoxy) is 6. The van der Waals surface area contributed by atoms with Gasteiger partial charge in [0, 0.05) is 6.42 Å². The van der Waals surface area contributed by atoms with Gasteiger partial charge in [-0.3, -0.25) is 4.79 Å². The Balaban J connectivity index is 1.39. The van der Waals surface area contributed by atoms with Crippen LogP contribution in [0.15, 0.2) is 48.6 Å². The first kappa shape index (κ1) is 63.0. The summed E-state index contributed by atoms with van der Waals surface area (Å²) in [6.45, 7) is 1.45. The van der Waals surface area contributed by atoms with E-state index in [0.29, 0.717) is 19.3 Å². The summed E-state index contributed by atoms with van der Waals surface area (Å²) in [5, 5.41) is 119. The van der Waals surface area contributed by atoms with Crippen molar-refractivity contribution < 1.29 is 89.4 Å². The first-order valence-electron chi connectivity index (χ1n) is 26.4. The van der Waals surface area contributed by atoms with Gasteiger partial charge >= 0.3 is 0 Å². The zero-order valence-corrected chi connectivity index (χ0v) is 42.2. The van der Waals surface area contributed by atoms with Crippen LogP contribution in [0, 0.1) is 0 Å². The first-order chi connectivity index (χ1) is 34.3. The van der Waals surface area contributed by atoms with Gasteiger partial charge in [-0.1, -0.05) is 133 Å². The highest BCUT2D eigenvalue weighted by atomic mass is 16.8. The SMILES string of the molecule is CC/C=C\C/C=C\C/C=C\C/C=C\CCCCCCCCCCCCC(=O)NC(COC1OC(CO)C(OC2OC(CO)C(OC3OC(CO)C(O)C(O)C3O)C(O)C2O)C(O)C1O)C(O)CCCCC. The standard InChI is InChI=1S/C52H91NO18/c1-3-5-7-8-9-10-11-12-13-14-15-16-17-18-19-20-21-22-23-24-25-26-28-30-40(58)53-35(36(57)29-27-6-4-2)34-66-50-46(64)43(61)48(38(32-55)68-50)71-52-47(65)44(62)49(39(33-56)69-52)70-51-45(63)42(60)41(59)37(31-54)67-51/h5,7,9-10,12-13,15-16,35-39,41-52,54-57,59-65H,3-4,6,8,11,14,17-34H2,1-2H3,(H,53,58)/b7-5-,10-9-,13-12-,16-15-. The maximum Gasteiger partial charge on any atom is 0.220 e. The molecule has 0 aromatic heterocycles. The second-order valence-electron chi connectivity index (χ2n) is 19.0. The Labute approximate surface area is 421 Å². The van der Waals surface area contributed by atoms with Crippen molar-refractivity contribution in [2.24, 2.45) is 0 Å². The molecule has 71 heavy (non-hydrogen) atoms. The molecule has 3 aliphatic heterocycles. The average Bonchev–Trinajstić information content (AvgIpc) is 3.36. The van der Waals surface area contributed by atoms with Crippen LogP contribution in [-0.2, 0) is 33.2 Å². The van der Waals surface area contributed by atoms with Gasteiger partial charge in [0.05, 0.1) is 38.6 Å². The van der Waals surface area contributed by atoms with Crippen LogP contribution in [0.5, 0.6) is 0 Å². The van der Waals surface area contributed by atoms with Crippen molar-refractivity contribution >= 4 is 5.91 Å². The largest absolute Gasteiger partial charge is 0.394 e. The monoisotopic (exact) mass is 1020 g/mol. The number of carbonyl (C=O) groups excluding carboxylic acids is 1. The minimum absolute atomic E-state index is 0.256. The second-order valence-corrected chi connectivity index (χ2v) is 19.0. The van der Waals surface area contributed by atoms with E-state index in [2.05, 4.69) is 60.8 Å². The van der Waals surface area contributed by atoms with Crippen molar-refractivity contribution in [1.82, 2.24) is 5.32 Å². The fourth-order valence-corrected chi connectivity index (χ4v) is 8.77. The van der Waals surface area contributed by atoms with Gasteiger partial charge < -0.3 is 89.9 Å². The predicted molar refractivity (Wildman–Crippen MR) is 263 cm³/mol. The zero-order valence-electron chi connectivity index (χ0n) is 42.2. The lowest BCUT2D eigenvalue weighted by Crippen LogP contribution is -2.66. The van der Waals surface area contributed by atoms with E-state index < -0.39 is 124 Å². The van der Waals surface area contributed by atoms with Crippen molar-refractivity contribution in [3.05, 3.63) is 48.6 Å². The molecule has 19 heteroatoms. The molecular weight excluding hydrogens is 927 g/mol. The molecule has 12 N–H and O–H groups in total. The average molecular weight is 1020 g/mol. The third-order valence-corrected chi connectivity index (χ3v) is 13.2. The number of unbranched alkanes of at least 4 members (excludes halogenated alkanes) is 12. The van der Waals surface area contributed by atoms with Crippen LogP contribution in [0.1, 0.15) is 142 Å². The van der Waals surface area contributed by atoms with Crippen molar-refractivity contribution in [2.75, 3.05) is 26.4 Å². The lowest BCUT2D eigenvalue weighted by atomic mass is 9.96. The van der Waals surface area contributed by atoms with Gasteiger partial charge in [0.2, 0.25) is 5.91 Å². The molecule has 0 bridgehead atoms. The van der Waals surface area contributed by atoms with Crippen LogP contribution in [0.25, 0.3) is 0 Å².